The number of ether oxygens (including phenoxy) is 4. The van der Waals surface area contributed by atoms with E-state index in [0.29, 0.717) is 39.0 Å². The van der Waals surface area contributed by atoms with E-state index < -0.39 is 11.9 Å². The van der Waals surface area contributed by atoms with Crippen molar-refractivity contribution in [2.45, 2.75) is 187 Å². The molecule has 1 aliphatic rings. The van der Waals surface area contributed by atoms with Gasteiger partial charge in [0.25, 0.3) is 0 Å². The molecular weight excluding hydrogens is 662 g/mol. The van der Waals surface area contributed by atoms with Crippen LogP contribution in [-0.2, 0) is 38.1 Å². The molecule has 1 heterocycles. The summed E-state index contributed by atoms with van der Waals surface area (Å²) in [5, 5.41) is 9.46. The first-order valence-electron chi connectivity index (χ1n) is 21.3. The van der Waals surface area contributed by atoms with Gasteiger partial charge in [0.15, 0.2) is 0 Å². The van der Waals surface area contributed by atoms with E-state index in [-0.39, 0.29) is 69.0 Å². The molecule has 0 aromatic rings. The van der Waals surface area contributed by atoms with Gasteiger partial charge in [-0.3, -0.25) is 24.1 Å². The summed E-state index contributed by atoms with van der Waals surface area (Å²) >= 11 is 0. The maximum absolute atomic E-state index is 13.3. The first kappa shape index (κ1) is 47.8. The number of β-amino-alcohol motifs (C(OH)–C–C–N with tert-alkyl or cyclic N) is 1. The SMILES string of the molecule is CCCCCCCCCOC(=O)CCCCC(=O)OCC(COC(=O)CCCN1CC(O)C1)COC(=O)C(CCCCCC)CCCCCCCC. The fraction of sp³-hybridized carbons (Fsp3) is 0.905. The summed E-state index contributed by atoms with van der Waals surface area (Å²) < 4.78 is 22.2. The number of esters is 4. The lowest BCUT2D eigenvalue weighted by molar-refractivity contribution is -0.156. The summed E-state index contributed by atoms with van der Waals surface area (Å²) in [5.41, 5.74) is 0. The number of hydrogen-bond acceptors (Lipinski definition) is 10. The Balaban J connectivity index is 2.52. The smallest absolute Gasteiger partial charge is 0.308 e. The zero-order valence-corrected chi connectivity index (χ0v) is 33.5. The summed E-state index contributed by atoms with van der Waals surface area (Å²) in [6.07, 6.45) is 23.2. The summed E-state index contributed by atoms with van der Waals surface area (Å²) in [5.74, 6) is -1.82. The summed E-state index contributed by atoms with van der Waals surface area (Å²) in [4.78, 5) is 52.5. The highest BCUT2D eigenvalue weighted by Crippen LogP contribution is 2.21. The molecule has 10 nitrogen and oxygen atoms in total. The quantitative estimate of drug-likeness (QED) is 0.0378. The Morgan fingerprint density at radius 3 is 1.48 bits per heavy atom. The zero-order chi connectivity index (χ0) is 38.1. The van der Waals surface area contributed by atoms with Crippen LogP contribution in [0.15, 0.2) is 0 Å². The van der Waals surface area contributed by atoms with Gasteiger partial charge in [0, 0.05) is 32.4 Å². The van der Waals surface area contributed by atoms with E-state index in [9.17, 15) is 24.3 Å². The van der Waals surface area contributed by atoms with E-state index in [1.807, 2.05) is 0 Å². The molecule has 0 aliphatic carbocycles. The van der Waals surface area contributed by atoms with Gasteiger partial charge in [-0.25, -0.2) is 0 Å². The molecule has 1 rings (SSSR count). The highest BCUT2D eigenvalue weighted by Gasteiger charge is 2.25. The average Bonchev–Trinajstić information content (AvgIpc) is 3.12. The third-order valence-corrected chi connectivity index (χ3v) is 9.88. The second kappa shape index (κ2) is 33.4. The Labute approximate surface area is 316 Å². The van der Waals surface area contributed by atoms with E-state index in [4.69, 9.17) is 18.9 Å². The van der Waals surface area contributed by atoms with Crippen molar-refractivity contribution in [1.82, 2.24) is 4.90 Å². The standard InChI is InChI=1S/C42H77NO9/c1-4-7-10-13-15-17-22-30-49-39(45)26-20-21-27-40(46)50-33-36(34-51-41(47)28-23-29-43-31-38(44)32-43)35-52-42(48)37(24-18-12-9-6-3)25-19-16-14-11-8-5-2/h36-38,44H,4-35H2,1-3H3. The van der Waals surface area contributed by atoms with Crippen molar-refractivity contribution in [2.24, 2.45) is 11.8 Å². The largest absolute Gasteiger partial charge is 0.466 e. The van der Waals surface area contributed by atoms with Crippen molar-refractivity contribution in [2.75, 3.05) is 46.1 Å². The first-order chi connectivity index (χ1) is 25.3. The fourth-order valence-electron chi connectivity index (χ4n) is 6.42. The molecule has 0 aromatic heterocycles. The molecule has 0 aromatic carbocycles. The molecule has 0 spiro atoms. The minimum atomic E-state index is -0.473. The van der Waals surface area contributed by atoms with Gasteiger partial charge in [0.1, 0.15) is 19.8 Å². The highest BCUT2D eigenvalue weighted by atomic mass is 16.6. The van der Waals surface area contributed by atoms with Crippen LogP contribution in [0.5, 0.6) is 0 Å². The van der Waals surface area contributed by atoms with Gasteiger partial charge in [0.2, 0.25) is 0 Å². The van der Waals surface area contributed by atoms with Crippen LogP contribution in [0.2, 0.25) is 0 Å². The van der Waals surface area contributed by atoms with E-state index in [0.717, 1.165) is 70.8 Å². The zero-order valence-electron chi connectivity index (χ0n) is 33.5. The molecule has 1 fully saturated rings. The van der Waals surface area contributed by atoms with E-state index in [1.54, 1.807) is 0 Å². The molecule has 1 N–H and O–H groups in total. The van der Waals surface area contributed by atoms with Crippen molar-refractivity contribution >= 4 is 23.9 Å². The van der Waals surface area contributed by atoms with Gasteiger partial charge in [-0.2, -0.15) is 0 Å². The monoisotopic (exact) mass is 740 g/mol. The van der Waals surface area contributed by atoms with Crippen LogP contribution >= 0.6 is 0 Å². The van der Waals surface area contributed by atoms with Gasteiger partial charge in [-0.1, -0.05) is 124 Å². The molecule has 0 radical (unpaired) electrons. The van der Waals surface area contributed by atoms with Gasteiger partial charge in [-0.15, -0.1) is 0 Å². The number of carbonyl (C=O) groups excluding carboxylic acids is 4. The van der Waals surface area contributed by atoms with Crippen LogP contribution in [0.4, 0.5) is 0 Å². The predicted molar refractivity (Wildman–Crippen MR) is 206 cm³/mol. The minimum Gasteiger partial charge on any atom is -0.466 e. The van der Waals surface area contributed by atoms with Crippen molar-refractivity contribution in [3.05, 3.63) is 0 Å². The average molecular weight is 740 g/mol. The maximum Gasteiger partial charge on any atom is 0.308 e. The Bertz CT molecular complexity index is 908. The first-order valence-corrected chi connectivity index (χ1v) is 21.3. The molecule has 2 unspecified atom stereocenters. The number of rotatable bonds is 36. The molecule has 2 atom stereocenters. The second-order valence-electron chi connectivity index (χ2n) is 15.0. The van der Waals surface area contributed by atoms with Crippen molar-refractivity contribution < 1.29 is 43.2 Å². The lowest BCUT2D eigenvalue weighted by atomic mass is 9.94. The Morgan fingerprint density at radius 1 is 0.538 bits per heavy atom. The Kier molecular flexibility index (Phi) is 30.7. The Hall–Kier alpha value is -2.20. The van der Waals surface area contributed by atoms with E-state index in [1.165, 1.54) is 57.8 Å². The van der Waals surface area contributed by atoms with Crippen LogP contribution in [0.1, 0.15) is 181 Å². The van der Waals surface area contributed by atoms with Crippen LogP contribution in [0, 0.1) is 11.8 Å². The molecule has 304 valence electrons. The number of likely N-dealkylation sites (tertiary alicyclic amines) is 1. The number of nitrogens with zero attached hydrogens (tertiary/aromatic N) is 1. The van der Waals surface area contributed by atoms with E-state index in [2.05, 4.69) is 25.7 Å². The van der Waals surface area contributed by atoms with Gasteiger partial charge >= 0.3 is 23.9 Å². The molecule has 0 bridgehead atoms. The van der Waals surface area contributed by atoms with Gasteiger partial charge in [-0.05, 0) is 45.1 Å². The normalized spacial score (nSPS) is 14.4. The lowest BCUT2D eigenvalue weighted by Gasteiger charge is -2.35. The highest BCUT2D eigenvalue weighted by molar-refractivity contribution is 5.72. The van der Waals surface area contributed by atoms with Crippen LogP contribution in [-0.4, -0.2) is 86.0 Å². The molecule has 52 heavy (non-hydrogen) atoms. The molecule has 1 aliphatic heterocycles. The topological polar surface area (TPSA) is 129 Å². The minimum absolute atomic E-state index is 0.00893. The van der Waals surface area contributed by atoms with Crippen LogP contribution in [0.25, 0.3) is 0 Å². The van der Waals surface area contributed by atoms with Crippen molar-refractivity contribution in [3.8, 4) is 0 Å². The number of aliphatic hydroxyl groups excluding tert-OH is 1. The molecule has 1 saturated heterocycles. The summed E-state index contributed by atoms with van der Waals surface area (Å²) in [6, 6.07) is 0. The van der Waals surface area contributed by atoms with Crippen LogP contribution < -0.4 is 0 Å². The molecular formula is C42H77NO9. The summed E-state index contributed by atoms with van der Waals surface area (Å²) in [6.45, 7) is 9.01. The predicted octanol–water partition coefficient (Wildman–Crippen LogP) is 8.88. The van der Waals surface area contributed by atoms with Crippen molar-refractivity contribution in [1.29, 1.82) is 0 Å². The van der Waals surface area contributed by atoms with Crippen molar-refractivity contribution in [3.63, 3.8) is 0 Å². The van der Waals surface area contributed by atoms with E-state index >= 15 is 0 Å². The number of aliphatic hydroxyl groups is 1. The summed E-state index contributed by atoms with van der Waals surface area (Å²) in [7, 11) is 0. The lowest BCUT2D eigenvalue weighted by Crippen LogP contribution is -2.50. The molecule has 10 heteroatoms. The molecule has 0 saturated carbocycles. The number of hydrogen-bond donors (Lipinski definition) is 1. The van der Waals surface area contributed by atoms with Crippen LogP contribution in [0.3, 0.4) is 0 Å². The number of unbranched alkanes of at least 4 members (excludes halogenated alkanes) is 15. The second-order valence-corrected chi connectivity index (χ2v) is 15.0. The fourth-order valence-corrected chi connectivity index (χ4v) is 6.42. The van der Waals surface area contributed by atoms with Gasteiger partial charge in [0.05, 0.1) is 24.5 Å². The third kappa shape index (κ3) is 27.4. The Morgan fingerprint density at radius 2 is 0.962 bits per heavy atom. The maximum atomic E-state index is 13.3. The third-order valence-electron chi connectivity index (χ3n) is 9.88. The molecule has 0 amide bonds. The van der Waals surface area contributed by atoms with Gasteiger partial charge < -0.3 is 24.1 Å². The number of carbonyl (C=O) groups is 4.